The SMILES string of the molecule is O=C(CSc1ccc(-c2ccc3c(c2)OCO3)nn1)Nc1ccccc1Cl. The van der Waals surface area contributed by atoms with Gasteiger partial charge in [-0.05, 0) is 42.5 Å². The molecule has 4 rings (SSSR count). The number of carbonyl (C=O) groups excluding carboxylic acids is 1. The number of nitrogens with zero attached hydrogens (tertiary/aromatic N) is 2. The maximum Gasteiger partial charge on any atom is 0.234 e. The summed E-state index contributed by atoms with van der Waals surface area (Å²) in [6.07, 6.45) is 0. The first kappa shape index (κ1) is 17.6. The number of carbonyl (C=O) groups is 1. The van der Waals surface area contributed by atoms with Gasteiger partial charge in [-0.3, -0.25) is 4.79 Å². The molecule has 1 amide bonds. The van der Waals surface area contributed by atoms with Crippen molar-refractivity contribution in [2.75, 3.05) is 17.9 Å². The number of hydrogen-bond acceptors (Lipinski definition) is 6. The average Bonchev–Trinajstić information content (AvgIpc) is 3.16. The van der Waals surface area contributed by atoms with Gasteiger partial charge in [-0.25, -0.2) is 0 Å². The highest BCUT2D eigenvalue weighted by Gasteiger charge is 2.14. The minimum atomic E-state index is -0.158. The van der Waals surface area contributed by atoms with Crippen LogP contribution in [-0.2, 0) is 4.79 Å². The van der Waals surface area contributed by atoms with E-state index in [1.165, 1.54) is 11.8 Å². The maximum atomic E-state index is 12.1. The molecule has 0 bridgehead atoms. The van der Waals surface area contributed by atoms with Crippen molar-refractivity contribution in [2.24, 2.45) is 0 Å². The van der Waals surface area contributed by atoms with Crippen molar-refractivity contribution in [3.05, 3.63) is 59.6 Å². The van der Waals surface area contributed by atoms with Gasteiger partial charge in [0.1, 0.15) is 5.03 Å². The number of halogens is 1. The van der Waals surface area contributed by atoms with Crippen LogP contribution >= 0.6 is 23.4 Å². The Labute approximate surface area is 164 Å². The van der Waals surface area contributed by atoms with E-state index in [1.54, 1.807) is 12.1 Å². The minimum Gasteiger partial charge on any atom is -0.454 e. The summed E-state index contributed by atoms with van der Waals surface area (Å²) in [5.41, 5.74) is 2.20. The third-order valence-corrected chi connectivity index (χ3v) is 5.06. The largest absolute Gasteiger partial charge is 0.454 e. The van der Waals surface area contributed by atoms with E-state index in [0.717, 1.165) is 17.0 Å². The normalized spacial score (nSPS) is 12.0. The first-order valence-corrected chi connectivity index (χ1v) is 9.46. The number of nitrogens with one attached hydrogen (secondary N) is 1. The van der Waals surface area contributed by atoms with Gasteiger partial charge < -0.3 is 14.8 Å². The molecule has 0 unspecified atom stereocenters. The fourth-order valence-corrected chi connectivity index (χ4v) is 3.29. The molecule has 0 spiro atoms. The highest BCUT2D eigenvalue weighted by molar-refractivity contribution is 7.99. The molecule has 6 nitrogen and oxygen atoms in total. The van der Waals surface area contributed by atoms with Crippen molar-refractivity contribution < 1.29 is 14.3 Å². The van der Waals surface area contributed by atoms with Crippen LogP contribution in [0.15, 0.2) is 59.6 Å². The molecule has 8 heteroatoms. The van der Waals surface area contributed by atoms with Crippen LogP contribution in [0.3, 0.4) is 0 Å². The van der Waals surface area contributed by atoms with Crippen LogP contribution in [0.5, 0.6) is 11.5 Å². The Morgan fingerprint density at radius 1 is 1.07 bits per heavy atom. The summed E-state index contributed by atoms with van der Waals surface area (Å²) in [5.74, 6) is 1.48. The molecule has 2 aromatic carbocycles. The van der Waals surface area contributed by atoms with E-state index in [-0.39, 0.29) is 18.5 Å². The Morgan fingerprint density at radius 3 is 2.74 bits per heavy atom. The zero-order valence-corrected chi connectivity index (χ0v) is 15.6. The van der Waals surface area contributed by atoms with Crippen LogP contribution in [0.25, 0.3) is 11.3 Å². The van der Waals surface area contributed by atoms with Gasteiger partial charge >= 0.3 is 0 Å². The lowest BCUT2D eigenvalue weighted by molar-refractivity contribution is -0.113. The average molecular weight is 400 g/mol. The van der Waals surface area contributed by atoms with E-state index >= 15 is 0 Å². The summed E-state index contributed by atoms with van der Waals surface area (Å²) < 4.78 is 10.7. The van der Waals surface area contributed by atoms with Gasteiger partial charge in [-0.1, -0.05) is 35.5 Å². The molecule has 2 heterocycles. The van der Waals surface area contributed by atoms with Gasteiger partial charge in [0.15, 0.2) is 11.5 Å². The number of para-hydroxylation sites is 1. The summed E-state index contributed by atoms with van der Waals surface area (Å²) in [6.45, 7) is 0.232. The highest BCUT2D eigenvalue weighted by Crippen LogP contribution is 2.35. The Balaban J connectivity index is 1.37. The fraction of sp³-hybridized carbons (Fsp3) is 0.105. The topological polar surface area (TPSA) is 73.3 Å². The van der Waals surface area contributed by atoms with Gasteiger partial charge in [0.2, 0.25) is 12.7 Å². The van der Waals surface area contributed by atoms with Gasteiger partial charge in [0.25, 0.3) is 0 Å². The van der Waals surface area contributed by atoms with Crippen LogP contribution in [0.2, 0.25) is 5.02 Å². The number of amides is 1. The lowest BCUT2D eigenvalue weighted by Crippen LogP contribution is -2.14. The molecule has 0 atom stereocenters. The number of thioether (sulfide) groups is 1. The standard InChI is InChI=1S/C19H14ClN3O3S/c20-13-3-1-2-4-15(13)21-18(24)10-27-19-8-6-14(22-23-19)12-5-7-16-17(9-12)26-11-25-16/h1-9H,10-11H2,(H,21,24). The molecular weight excluding hydrogens is 386 g/mol. The van der Waals surface area contributed by atoms with Crippen LogP contribution in [0, 0.1) is 0 Å². The number of hydrogen-bond donors (Lipinski definition) is 1. The zero-order valence-electron chi connectivity index (χ0n) is 14.0. The van der Waals surface area contributed by atoms with E-state index in [4.69, 9.17) is 21.1 Å². The fourth-order valence-electron chi connectivity index (χ4n) is 2.50. The van der Waals surface area contributed by atoms with Crippen LogP contribution in [0.1, 0.15) is 0 Å². The summed E-state index contributed by atoms with van der Waals surface area (Å²) in [6, 6.07) is 16.4. The van der Waals surface area contributed by atoms with Crippen LogP contribution in [0.4, 0.5) is 5.69 Å². The third-order valence-electron chi connectivity index (χ3n) is 3.81. The Kier molecular flexibility index (Phi) is 5.13. The van der Waals surface area contributed by atoms with E-state index in [0.29, 0.717) is 21.5 Å². The number of rotatable bonds is 5. The first-order chi connectivity index (χ1) is 13.2. The molecule has 1 N–H and O–H groups in total. The molecule has 136 valence electrons. The lowest BCUT2D eigenvalue weighted by atomic mass is 10.1. The molecule has 1 aromatic heterocycles. The molecule has 1 aliphatic heterocycles. The number of benzene rings is 2. The van der Waals surface area contributed by atoms with E-state index in [2.05, 4.69) is 15.5 Å². The van der Waals surface area contributed by atoms with Crippen LogP contribution in [-0.4, -0.2) is 28.7 Å². The summed E-state index contributed by atoms with van der Waals surface area (Å²) >= 11 is 7.34. The van der Waals surface area contributed by atoms with Gasteiger partial charge in [-0.2, -0.15) is 0 Å². The Bertz CT molecular complexity index is 982. The van der Waals surface area contributed by atoms with Crippen LogP contribution < -0.4 is 14.8 Å². The minimum absolute atomic E-state index is 0.158. The molecule has 3 aromatic rings. The lowest BCUT2D eigenvalue weighted by Gasteiger charge is -2.06. The Morgan fingerprint density at radius 2 is 1.93 bits per heavy atom. The molecule has 0 radical (unpaired) electrons. The van der Waals surface area contributed by atoms with Crippen molar-refractivity contribution in [2.45, 2.75) is 5.03 Å². The molecule has 0 saturated carbocycles. The number of aromatic nitrogens is 2. The van der Waals surface area contributed by atoms with Crippen molar-refractivity contribution in [3.8, 4) is 22.8 Å². The number of ether oxygens (including phenoxy) is 2. The van der Waals surface area contributed by atoms with E-state index in [9.17, 15) is 4.79 Å². The van der Waals surface area contributed by atoms with Crippen molar-refractivity contribution in [1.29, 1.82) is 0 Å². The van der Waals surface area contributed by atoms with Crippen molar-refractivity contribution in [1.82, 2.24) is 10.2 Å². The molecule has 0 fully saturated rings. The highest BCUT2D eigenvalue weighted by atomic mass is 35.5. The molecule has 27 heavy (non-hydrogen) atoms. The first-order valence-electron chi connectivity index (χ1n) is 8.10. The second kappa shape index (κ2) is 7.85. The molecule has 0 aliphatic carbocycles. The van der Waals surface area contributed by atoms with Gasteiger partial charge in [0, 0.05) is 5.56 Å². The second-order valence-corrected chi connectivity index (χ2v) is 7.04. The second-order valence-electron chi connectivity index (χ2n) is 5.64. The van der Waals surface area contributed by atoms with E-state index in [1.807, 2.05) is 42.5 Å². The molecule has 0 saturated heterocycles. The zero-order chi connectivity index (χ0) is 18.6. The third kappa shape index (κ3) is 4.15. The predicted octanol–water partition coefficient (Wildman–Crippen LogP) is 4.26. The Hall–Kier alpha value is -2.77. The molecule has 1 aliphatic rings. The van der Waals surface area contributed by atoms with E-state index < -0.39 is 0 Å². The van der Waals surface area contributed by atoms with Gasteiger partial charge in [-0.15, -0.1) is 10.2 Å². The quantitative estimate of drug-likeness (QED) is 0.646. The smallest absolute Gasteiger partial charge is 0.234 e. The molecular formula is C19H14ClN3O3S. The van der Waals surface area contributed by atoms with Crippen molar-refractivity contribution in [3.63, 3.8) is 0 Å². The van der Waals surface area contributed by atoms with Crippen molar-refractivity contribution >= 4 is 35.0 Å². The predicted molar refractivity (Wildman–Crippen MR) is 104 cm³/mol. The monoisotopic (exact) mass is 399 g/mol. The number of anilines is 1. The summed E-state index contributed by atoms with van der Waals surface area (Å²) in [4.78, 5) is 12.1. The summed E-state index contributed by atoms with van der Waals surface area (Å²) in [5, 5.41) is 12.4. The maximum absolute atomic E-state index is 12.1. The van der Waals surface area contributed by atoms with Gasteiger partial charge in [0.05, 0.1) is 22.2 Å². The number of fused-ring (bicyclic) bond motifs is 1. The summed E-state index contributed by atoms with van der Waals surface area (Å²) in [7, 11) is 0.